The molecule has 0 atom stereocenters. The van der Waals surface area contributed by atoms with E-state index in [0.29, 0.717) is 12.5 Å². The third-order valence-electron chi connectivity index (χ3n) is 4.18. The Bertz CT molecular complexity index is 674. The van der Waals surface area contributed by atoms with E-state index in [1.54, 1.807) is 0 Å². The van der Waals surface area contributed by atoms with E-state index in [9.17, 15) is 0 Å². The van der Waals surface area contributed by atoms with Crippen molar-refractivity contribution in [3.05, 3.63) is 54.1 Å². The van der Waals surface area contributed by atoms with Gasteiger partial charge >= 0.3 is 0 Å². The van der Waals surface area contributed by atoms with Crippen LogP contribution in [0, 0.1) is 5.92 Å². The Balaban J connectivity index is 1.82. The molecule has 0 fully saturated rings. The fraction of sp³-hybridized carbons (Fsp3) is 0.478. The fourth-order valence-corrected chi connectivity index (χ4v) is 2.68. The molecule has 0 aliphatic heterocycles. The number of para-hydroxylation sites is 1. The first-order valence-corrected chi connectivity index (χ1v) is 9.55. The molecule has 0 saturated carbocycles. The Kier molecular flexibility index (Phi) is 7.38. The SMILES string of the molecule is CC(C)CCOc1cccc(NCCOc2ccccc2C(C)(C)C)c1. The predicted octanol–water partition coefficient (Wildman–Crippen LogP) is 5.90. The number of anilines is 1. The van der Waals surface area contributed by atoms with Crippen LogP contribution in [0.2, 0.25) is 0 Å². The monoisotopic (exact) mass is 355 g/mol. The third-order valence-corrected chi connectivity index (χ3v) is 4.18. The summed E-state index contributed by atoms with van der Waals surface area (Å²) in [7, 11) is 0. The molecule has 0 unspecified atom stereocenters. The molecule has 3 heteroatoms. The van der Waals surface area contributed by atoms with Crippen LogP contribution in [0.5, 0.6) is 11.5 Å². The quantitative estimate of drug-likeness (QED) is 0.568. The largest absolute Gasteiger partial charge is 0.494 e. The zero-order valence-corrected chi connectivity index (χ0v) is 16.8. The molecule has 0 radical (unpaired) electrons. The maximum absolute atomic E-state index is 6.01. The van der Waals surface area contributed by atoms with E-state index in [1.807, 2.05) is 30.3 Å². The molecule has 0 heterocycles. The molecule has 2 aromatic carbocycles. The molecular formula is C23H33NO2. The maximum Gasteiger partial charge on any atom is 0.123 e. The number of benzene rings is 2. The van der Waals surface area contributed by atoms with Crippen molar-refractivity contribution in [2.75, 3.05) is 25.1 Å². The van der Waals surface area contributed by atoms with Gasteiger partial charge in [-0.15, -0.1) is 0 Å². The van der Waals surface area contributed by atoms with Gasteiger partial charge in [-0.1, -0.05) is 58.9 Å². The molecule has 26 heavy (non-hydrogen) atoms. The molecule has 142 valence electrons. The van der Waals surface area contributed by atoms with Gasteiger partial charge in [0.15, 0.2) is 0 Å². The van der Waals surface area contributed by atoms with Gasteiger partial charge in [-0.25, -0.2) is 0 Å². The van der Waals surface area contributed by atoms with Crippen LogP contribution in [-0.2, 0) is 5.41 Å². The van der Waals surface area contributed by atoms with E-state index in [4.69, 9.17) is 9.47 Å². The highest BCUT2D eigenvalue weighted by Gasteiger charge is 2.18. The summed E-state index contributed by atoms with van der Waals surface area (Å²) in [6.45, 7) is 13.2. The van der Waals surface area contributed by atoms with Crippen molar-refractivity contribution in [3.63, 3.8) is 0 Å². The van der Waals surface area contributed by atoms with E-state index < -0.39 is 0 Å². The predicted molar refractivity (Wildman–Crippen MR) is 111 cm³/mol. The molecule has 0 amide bonds. The number of hydrogen-bond donors (Lipinski definition) is 1. The lowest BCUT2D eigenvalue weighted by Gasteiger charge is -2.22. The lowest BCUT2D eigenvalue weighted by Crippen LogP contribution is -2.16. The van der Waals surface area contributed by atoms with Crippen LogP contribution in [-0.4, -0.2) is 19.8 Å². The first-order valence-electron chi connectivity index (χ1n) is 9.55. The lowest BCUT2D eigenvalue weighted by atomic mass is 9.86. The Morgan fingerprint density at radius 2 is 1.69 bits per heavy atom. The van der Waals surface area contributed by atoms with Crippen LogP contribution in [0.1, 0.15) is 46.6 Å². The molecule has 2 rings (SSSR count). The van der Waals surface area contributed by atoms with Gasteiger partial charge in [0.05, 0.1) is 6.61 Å². The second-order valence-corrected chi connectivity index (χ2v) is 8.08. The summed E-state index contributed by atoms with van der Waals surface area (Å²) in [6.07, 6.45) is 1.07. The van der Waals surface area contributed by atoms with Gasteiger partial charge in [0.2, 0.25) is 0 Å². The topological polar surface area (TPSA) is 30.5 Å². The van der Waals surface area contributed by atoms with Crippen LogP contribution in [0.25, 0.3) is 0 Å². The van der Waals surface area contributed by atoms with Crippen molar-refractivity contribution >= 4 is 5.69 Å². The molecule has 0 bridgehead atoms. The summed E-state index contributed by atoms with van der Waals surface area (Å²) in [6, 6.07) is 16.4. The average molecular weight is 356 g/mol. The summed E-state index contributed by atoms with van der Waals surface area (Å²) in [5.74, 6) is 2.53. The smallest absolute Gasteiger partial charge is 0.123 e. The molecule has 0 spiro atoms. The molecular weight excluding hydrogens is 322 g/mol. The highest BCUT2D eigenvalue weighted by molar-refractivity contribution is 5.48. The summed E-state index contributed by atoms with van der Waals surface area (Å²) in [5.41, 5.74) is 2.37. The van der Waals surface area contributed by atoms with Crippen LogP contribution >= 0.6 is 0 Å². The molecule has 3 nitrogen and oxygen atoms in total. The molecule has 1 N–H and O–H groups in total. The second-order valence-electron chi connectivity index (χ2n) is 8.08. The van der Waals surface area contributed by atoms with Gasteiger partial charge < -0.3 is 14.8 Å². The minimum absolute atomic E-state index is 0.0751. The van der Waals surface area contributed by atoms with E-state index >= 15 is 0 Å². The number of hydrogen-bond acceptors (Lipinski definition) is 3. The third kappa shape index (κ3) is 6.62. The fourth-order valence-electron chi connectivity index (χ4n) is 2.68. The first-order chi connectivity index (χ1) is 12.4. The van der Waals surface area contributed by atoms with Gasteiger partial charge in [0.1, 0.15) is 18.1 Å². The average Bonchev–Trinajstić information content (AvgIpc) is 2.58. The van der Waals surface area contributed by atoms with Crippen molar-refractivity contribution in [1.29, 1.82) is 0 Å². The van der Waals surface area contributed by atoms with Crippen molar-refractivity contribution in [2.45, 2.75) is 46.5 Å². The standard InChI is InChI=1S/C23H33NO2/c1-18(2)13-15-25-20-10-8-9-19(17-20)24-14-16-26-22-12-7-6-11-21(22)23(3,4)5/h6-12,17-18,24H,13-16H2,1-5H3. The molecule has 2 aromatic rings. The van der Waals surface area contributed by atoms with Crippen molar-refractivity contribution in [1.82, 2.24) is 0 Å². The number of nitrogens with one attached hydrogen (secondary N) is 1. The Morgan fingerprint density at radius 3 is 2.42 bits per heavy atom. The molecule has 0 aliphatic carbocycles. The van der Waals surface area contributed by atoms with Gasteiger partial charge in [0, 0.05) is 18.3 Å². The molecule has 0 saturated heterocycles. The minimum Gasteiger partial charge on any atom is -0.494 e. The first kappa shape index (κ1) is 20.2. The van der Waals surface area contributed by atoms with Crippen molar-refractivity contribution < 1.29 is 9.47 Å². The maximum atomic E-state index is 6.01. The van der Waals surface area contributed by atoms with Gasteiger partial charge in [-0.2, -0.15) is 0 Å². The number of rotatable bonds is 9. The van der Waals surface area contributed by atoms with Crippen molar-refractivity contribution in [2.24, 2.45) is 5.92 Å². The second kappa shape index (κ2) is 9.51. The summed E-state index contributed by atoms with van der Waals surface area (Å²) < 4.78 is 11.8. The summed E-state index contributed by atoms with van der Waals surface area (Å²) >= 11 is 0. The summed E-state index contributed by atoms with van der Waals surface area (Å²) in [4.78, 5) is 0. The van der Waals surface area contributed by atoms with E-state index in [2.05, 4.69) is 58.1 Å². The van der Waals surface area contributed by atoms with Gasteiger partial charge in [0.25, 0.3) is 0 Å². The molecule has 0 aliphatic rings. The van der Waals surface area contributed by atoms with E-state index in [-0.39, 0.29) is 5.41 Å². The van der Waals surface area contributed by atoms with Gasteiger partial charge in [-0.05, 0) is 41.5 Å². The Hall–Kier alpha value is -2.16. The van der Waals surface area contributed by atoms with Crippen LogP contribution in [0.3, 0.4) is 0 Å². The Morgan fingerprint density at radius 1 is 0.923 bits per heavy atom. The van der Waals surface area contributed by atoms with Crippen molar-refractivity contribution in [3.8, 4) is 11.5 Å². The molecule has 0 aromatic heterocycles. The van der Waals surface area contributed by atoms with Crippen LogP contribution < -0.4 is 14.8 Å². The zero-order valence-electron chi connectivity index (χ0n) is 16.8. The highest BCUT2D eigenvalue weighted by atomic mass is 16.5. The van der Waals surface area contributed by atoms with E-state index in [1.165, 1.54) is 5.56 Å². The Labute approximate surface area is 158 Å². The van der Waals surface area contributed by atoms with Crippen LogP contribution in [0.4, 0.5) is 5.69 Å². The lowest BCUT2D eigenvalue weighted by molar-refractivity contribution is 0.289. The normalized spacial score (nSPS) is 11.5. The van der Waals surface area contributed by atoms with Gasteiger partial charge in [-0.3, -0.25) is 0 Å². The van der Waals surface area contributed by atoms with E-state index in [0.717, 1.165) is 36.8 Å². The number of ether oxygens (including phenoxy) is 2. The minimum atomic E-state index is 0.0751. The highest BCUT2D eigenvalue weighted by Crippen LogP contribution is 2.30. The van der Waals surface area contributed by atoms with Crippen LogP contribution in [0.15, 0.2) is 48.5 Å². The summed E-state index contributed by atoms with van der Waals surface area (Å²) in [5, 5.41) is 3.41. The zero-order chi connectivity index (χ0) is 19.0.